The molecule has 0 bridgehead atoms. The molecule has 0 saturated carbocycles. The van der Waals surface area contributed by atoms with Gasteiger partial charge in [-0.05, 0) is 76.9 Å². The summed E-state index contributed by atoms with van der Waals surface area (Å²) in [5.41, 5.74) is 15.0. The van der Waals surface area contributed by atoms with Crippen molar-refractivity contribution in [3.63, 3.8) is 0 Å². The van der Waals surface area contributed by atoms with E-state index in [1.807, 2.05) is 18.2 Å². The molecule has 0 aliphatic heterocycles. The number of aromatic nitrogens is 6. The van der Waals surface area contributed by atoms with E-state index in [9.17, 15) is 0 Å². The first-order valence-corrected chi connectivity index (χ1v) is 23.4. The summed E-state index contributed by atoms with van der Waals surface area (Å²) >= 11 is 0. The molecule has 69 heavy (non-hydrogen) atoms. The van der Waals surface area contributed by atoms with Gasteiger partial charge in [0.2, 0.25) is 5.95 Å². The van der Waals surface area contributed by atoms with Gasteiger partial charge in [-0.3, -0.25) is 4.57 Å². The Labute approximate surface area is 397 Å². The Bertz CT molecular complexity index is 4240. The topological polar surface area (TPSA) is 53.5 Å². The van der Waals surface area contributed by atoms with Gasteiger partial charge in [0.15, 0.2) is 11.6 Å². The van der Waals surface area contributed by atoms with Crippen LogP contribution >= 0.6 is 0 Å². The maximum atomic E-state index is 5.49. The Morgan fingerprint density at radius 2 is 0.681 bits per heavy atom. The number of nitrogens with zero attached hydrogens (tertiary/aromatic N) is 6. The minimum atomic E-state index is 0.538. The van der Waals surface area contributed by atoms with Crippen LogP contribution in [0.15, 0.2) is 243 Å². The molecule has 14 aromatic rings. The summed E-state index contributed by atoms with van der Waals surface area (Å²) in [7, 11) is 0. The molecule has 14 rings (SSSR count). The zero-order valence-corrected chi connectivity index (χ0v) is 37.3. The van der Waals surface area contributed by atoms with Crippen LogP contribution in [-0.4, -0.2) is 28.7 Å². The number of benzene rings is 10. The summed E-state index contributed by atoms with van der Waals surface area (Å²) in [5.74, 6) is 1.73. The van der Waals surface area contributed by atoms with Gasteiger partial charge < -0.3 is 9.13 Å². The van der Waals surface area contributed by atoms with Crippen LogP contribution in [0.2, 0.25) is 0 Å². The molecule has 4 aromatic heterocycles. The lowest BCUT2D eigenvalue weighted by Gasteiger charge is -2.15. The van der Waals surface area contributed by atoms with Gasteiger partial charge in [0, 0.05) is 49.1 Å². The standard InChI is InChI=1S/C63H40N6/c1-4-20-41(21-5-1)43-24-18-25-44(38-43)45-26-19-27-46(39-45)62-64-61(42-22-6-2-7-23-42)65-63(66-62)69-55-37-17-13-33-51(55)59-57(69)40-56(68-52-34-14-10-30-48(52)49-31-11-15-35-53(49)68)58-50-32-12-16-36-54(50)67(60(58)59)47-28-8-3-9-29-47/h1-40H. The highest BCUT2D eigenvalue weighted by atomic mass is 15.2. The third-order valence-corrected chi connectivity index (χ3v) is 13.7. The second-order valence-corrected chi connectivity index (χ2v) is 17.6. The second kappa shape index (κ2) is 15.6. The number of rotatable bonds is 7. The SMILES string of the molecule is c1ccc(-c2cccc(-c3cccc(-c4nc(-c5ccccc5)nc(-n5c6ccccc6c6c5cc(-n5c7ccccc7c7ccccc75)c5c7ccccc7n(-c7ccccc7)c56)n4)c3)c2)cc1. The van der Waals surface area contributed by atoms with Crippen molar-refractivity contribution < 1.29 is 0 Å². The molecule has 6 heteroatoms. The average Bonchev–Trinajstić information content (AvgIpc) is 4.07. The van der Waals surface area contributed by atoms with E-state index in [0.717, 1.165) is 77.5 Å². The van der Waals surface area contributed by atoms with Crippen LogP contribution in [0.1, 0.15) is 0 Å². The molecule has 0 amide bonds. The van der Waals surface area contributed by atoms with E-state index in [4.69, 9.17) is 15.0 Å². The van der Waals surface area contributed by atoms with Crippen molar-refractivity contribution >= 4 is 65.4 Å². The first kappa shape index (κ1) is 38.8. The van der Waals surface area contributed by atoms with E-state index in [0.29, 0.717) is 17.6 Å². The molecular formula is C63H40N6. The van der Waals surface area contributed by atoms with E-state index in [1.165, 1.54) is 32.7 Å². The summed E-state index contributed by atoms with van der Waals surface area (Å²) in [6, 6.07) is 86.2. The quantitative estimate of drug-likeness (QED) is 0.160. The summed E-state index contributed by atoms with van der Waals surface area (Å²) in [6.45, 7) is 0. The van der Waals surface area contributed by atoms with Crippen molar-refractivity contribution in [2.75, 3.05) is 0 Å². The van der Waals surface area contributed by atoms with Gasteiger partial charge in [-0.1, -0.05) is 188 Å². The van der Waals surface area contributed by atoms with Crippen LogP contribution in [0.4, 0.5) is 0 Å². The van der Waals surface area contributed by atoms with Crippen LogP contribution in [-0.2, 0) is 0 Å². The van der Waals surface area contributed by atoms with Crippen molar-refractivity contribution in [3.05, 3.63) is 243 Å². The van der Waals surface area contributed by atoms with Gasteiger partial charge in [-0.25, -0.2) is 4.98 Å². The van der Waals surface area contributed by atoms with Crippen molar-refractivity contribution in [1.82, 2.24) is 28.7 Å². The predicted molar refractivity (Wildman–Crippen MR) is 285 cm³/mol. The monoisotopic (exact) mass is 880 g/mol. The van der Waals surface area contributed by atoms with E-state index in [1.54, 1.807) is 0 Å². The minimum absolute atomic E-state index is 0.538. The summed E-state index contributed by atoms with van der Waals surface area (Å²) < 4.78 is 7.18. The predicted octanol–water partition coefficient (Wildman–Crippen LogP) is 15.8. The van der Waals surface area contributed by atoms with Crippen LogP contribution < -0.4 is 0 Å². The van der Waals surface area contributed by atoms with Gasteiger partial charge in [-0.15, -0.1) is 0 Å². The van der Waals surface area contributed by atoms with Crippen LogP contribution in [0.3, 0.4) is 0 Å². The van der Waals surface area contributed by atoms with Crippen molar-refractivity contribution in [2.24, 2.45) is 0 Å². The Morgan fingerprint density at radius 3 is 1.29 bits per heavy atom. The van der Waals surface area contributed by atoms with Crippen LogP contribution in [0, 0.1) is 0 Å². The number of hydrogen-bond donors (Lipinski definition) is 0. The molecule has 0 aliphatic carbocycles. The van der Waals surface area contributed by atoms with Crippen molar-refractivity contribution in [3.8, 4) is 62.4 Å². The zero-order chi connectivity index (χ0) is 45.4. The fourth-order valence-electron chi connectivity index (χ4n) is 10.7. The Hall–Kier alpha value is -9.39. The highest BCUT2D eigenvalue weighted by Crippen LogP contribution is 2.46. The Balaban J connectivity index is 1.10. The molecule has 10 aromatic carbocycles. The lowest BCUT2D eigenvalue weighted by Crippen LogP contribution is -2.07. The van der Waals surface area contributed by atoms with Crippen molar-refractivity contribution in [1.29, 1.82) is 0 Å². The van der Waals surface area contributed by atoms with Gasteiger partial charge in [-0.2, -0.15) is 9.97 Å². The molecule has 0 spiro atoms. The molecule has 6 nitrogen and oxygen atoms in total. The van der Waals surface area contributed by atoms with Crippen molar-refractivity contribution in [2.45, 2.75) is 0 Å². The van der Waals surface area contributed by atoms with E-state index in [-0.39, 0.29) is 0 Å². The van der Waals surface area contributed by atoms with Gasteiger partial charge >= 0.3 is 0 Å². The molecule has 0 atom stereocenters. The Morgan fingerprint density at radius 1 is 0.261 bits per heavy atom. The van der Waals surface area contributed by atoms with Gasteiger partial charge in [0.25, 0.3) is 0 Å². The highest BCUT2D eigenvalue weighted by Gasteiger charge is 2.27. The largest absolute Gasteiger partial charge is 0.308 e. The number of para-hydroxylation sites is 5. The molecular weight excluding hydrogens is 841 g/mol. The van der Waals surface area contributed by atoms with E-state index >= 15 is 0 Å². The fourth-order valence-corrected chi connectivity index (χ4v) is 10.7. The average molecular weight is 881 g/mol. The molecule has 0 N–H and O–H groups in total. The third kappa shape index (κ3) is 6.16. The Kier molecular flexibility index (Phi) is 8.79. The molecule has 4 heterocycles. The summed E-state index contributed by atoms with van der Waals surface area (Å²) in [5, 5.41) is 6.99. The number of hydrogen-bond acceptors (Lipinski definition) is 3. The smallest absolute Gasteiger partial charge is 0.238 e. The van der Waals surface area contributed by atoms with E-state index in [2.05, 4.69) is 238 Å². The molecule has 0 unspecified atom stereocenters. The lowest BCUT2D eigenvalue weighted by molar-refractivity contribution is 0.953. The summed E-state index contributed by atoms with van der Waals surface area (Å²) in [4.78, 5) is 16.2. The minimum Gasteiger partial charge on any atom is -0.308 e. The normalized spacial score (nSPS) is 11.8. The van der Waals surface area contributed by atoms with Gasteiger partial charge in [0.05, 0.1) is 38.8 Å². The van der Waals surface area contributed by atoms with Crippen LogP contribution in [0.25, 0.3) is 128 Å². The van der Waals surface area contributed by atoms with E-state index < -0.39 is 0 Å². The van der Waals surface area contributed by atoms with Crippen LogP contribution in [0.5, 0.6) is 0 Å². The molecule has 322 valence electrons. The maximum Gasteiger partial charge on any atom is 0.238 e. The molecule has 0 fully saturated rings. The third-order valence-electron chi connectivity index (χ3n) is 13.7. The lowest BCUT2D eigenvalue weighted by atomic mass is 9.98. The highest BCUT2D eigenvalue weighted by molar-refractivity contribution is 6.29. The molecule has 0 radical (unpaired) electrons. The molecule has 0 saturated heterocycles. The second-order valence-electron chi connectivity index (χ2n) is 17.6. The zero-order valence-electron chi connectivity index (χ0n) is 37.3. The van der Waals surface area contributed by atoms with Gasteiger partial charge in [0.1, 0.15) is 0 Å². The first-order chi connectivity index (χ1) is 34.2. The summed E-state index contributed by atoms with van der Waals surface area (Å²) in [6.07, 6.45) is 0. The maximum absolute atomic E-state index is 5.49. The first-order valence-electron chi connectivity index (χ1n) is 23.4. The fraction of sp³-hybridized carbons (Fsp3) is 0. The number of fused-ring (bicyclic) bond motifs is 10. The molecule has 0 aliphatic rings.